The molecule has 1 atom stereocenters. The first-order valence-corrected chi connectivity index (χ1v) is 12.1. The van der Waals surface area contributed by atoms with E-state index in [4.69, 9.17) is 23.2 Å². The minimum absolute atomic E-state index is 0.102. The van der Waals surface area contributed by atoms with Crippen LogP contribution in [-0.4, -0.2) is 28.3 Å². The minimum atomic E-state index is -0.839. The van der Waals surface area contributed by atoms with Gasteiger partial charge >= 0.3 is 0 Å². The Bertz CT molecular complexity index is 1160. The van der Waals surface area contributed by atoms with Crippen LogP contribution in [0.5, 0.6) is 0 Å². The second-order valence-corrected chi connectivity index (χ2v) is 10.3. The molecule has 0 aliphatic carbocycles. The molecule has 0 spiro atoms. The first-order valence-electron chi connectivity index (χ1n) is 11.4. The van der Waals surface area contributed by atoms with E-state index in [-0.39, 0.29) is 29.5 Å². The van der Waals surface area contributed by atoms with Crippen LogP contribution in [0.25, 0.3) is 0 Å². The molecule has 0 aliphatic rings. The molecule has 0 saturated heterocycles. The number of rotatable bonds is 8. The predicted molar refractivity (Wildman–Crippen MR) is 139 cm³/mol. The number of nitrogens with one attached hydrogen (secondary N) is 1. The summed E-state index contributed by atoms with van der Waals surface area (Å²) in [5.41, 5.74) is 1.25. The van der Waals surface area contributed by atoms with Crippen molar-refractivity contribution in [3.05, 3.63) is 105 Å². The summed E-state index contributed by atoms with van der Waals surface area (Å²) in [4.78, 5) is 28.7. The van der Waals surface area contributed by atoms with Gasteiger partial charge in [0, 0.05) is 34.1 Å². The number of nitrogens with zero attached hydrogens (tertiary/aromatic N) is 1. The van der Waals surface area contributed by atoms with Gasteiger partial charge in [-0.05, 0) is 56.2 Å². The molecule has 0 heterocycles. The van der Waals surface area contributed by atoms with Crippen LogP contribution in [-0.2, 0) is 29.0 Å². The average molecular weight is 515 g/mol. The largest absolute Gasteiger partial charge is 0.350 e. The van der Waals surface area contributed by atoms with Crippen molar-refractivity contribution in [2.75, 3.05) is 0 Å². The van der Waals surface area contributed by atoms with Crippen molar-refractivity contribution < 1.29 is 14.0 Å². The highest BCUT2D eigenvalue weighted by atomic mass is 35.5. The summed E-state index contributed by atoms with van der Waals surface area (Å²) in [7, 11) is 0. The summed E-state index contributed by atoms with van der Waals surface area (Å²) in [6.07, 6.45) is 0.0141. The van der Waals surface area contributed by atoms with Crippen LogP contribution < -0.4 is 5.32 Å². The molecule has 0 aromatic heterocycles. The van der Waals surface area contributed by atoms with Gasteiger partial charge in [-0.25, -0.2) is 4.39 Å². The van der Waals surface area contributed by atoms with Crippen molar-refractivity contribution >= 4 is 35.0 Å². The summed E-state index contributed by atoms with van der Waals surface area (Å²) in [5, 5.41) is 3.69. The lowest BCUT2D eigenvalue weighted by Gasteiger charge is -2.34. The molecule has 2 amide bonds. The summed E-state index contributed by atoms with van der Waals surface area (Å²) in [6, 6.07) is 20.1. The Kier molecular flexibility index (Phi) is 8.92. The van der Waals surface area contributed by atoms with Gasteiger partial charge in [-0.2, -0.15) is 0 Å². The molecule has 0 saturated carbocycles. The average Bonchev–Trinajstić information content (AvgIpc) is 2.78. The van der Waals surface area contributed by atoms with Gasteiger partial charge in [0.2, 0.25) is 11.8 Å². The predicted octanol–water partition coefficient (Wildman–Crippen LogP) is 6.23. The van der Waals surface area contributed by atoms with Crippen molar-refractivity contribution in [2.45, 2.75) is 51.7 Å². The van der Waals surface area contributed by atoms with Crippen LogP contribution in [0, 0.1) is 5.82 Å². The van der Waals surface area contributed by atoms with E-state index in [2.05, 4.69) is 5.32 Å². The van der Waals surface area contributed by atoms with Crippen LogP contribution in [0.4, 0.5) is 4.39 Å². The zero-order valence-electron chi connectivity index (χ0n) is 20.0. The van der Waals surface area contributed by atoms with E-state index in [1.54, 1.807) is 24.3 Å². The number of amides is 2. The van der Waals surface area contributed by atoms with E-state index in [1.165, 1.54) is 17.0 Å². The first kappa shape index (κ1) is 26.7. The van der Waals surface area contributed by atoms with Gasteiger partial charge < -0.3 is 10.2 Å². The van der Waals surface area contributed by atoms with E-state index in [9.17, 15) is 14.0 Å². The maximum absolute atomic E-state index is 14.5. The molecule has 35 heavy (non-hydrogen) atoms. The molecule has 0 fully saturated rings. The standard InChI is InChI=1S/C28H29Cl2FN2O2/c1-28(2,3)32-27(35)25(16-19-9-5-4-6-10-19)33(18-20-11-7-12-21(29)15-20)26(34)17-22-23(30)13-8-14-24(22)31/h4-15,25H,16-18H2,1-3H3,(H,32,35)/t25-/m1/s1. The first-order chi connectivity index (χ1) is 16.5. The van der Waals surface area contributed by atoms with Crippen molar-refractivity contribution in [2.24, 2.45) is 0 Å². The van der Waals surface area contributed by atoms with Gasteiger partial charge in [0.25, 0.3) is 0 Å². The Balaban J connectivity index is 2.03. The van der Waals surface area contributed by atoms with Crippen molar-refractivity contribution in [3.63, 3.8) is 0 Å². The van der Waals surface area contributed by atoms with Crippen molar-refractivity contribution in [3.8, 4) is 0 Å². The Labute approximate surface area is 216 Å². The molecule has 3 rings (SSSR count). The maximum atomic E-state index is 14.5. The van der Waals surface area contributed by atoms with E-state index >= 15 is 0 Å². The number of hydrogen-bond acceptors (Lipinski definition) is 2. The second-order valence-electron chi connectivity index (χ2n) is 9.47. The minimum Gasteiger partial charge on any atom is -0.350 e. The molecule has 7 heteroatoms. The molecule has 4 nitrogen and oxygen atoms in total. The second kappa shape index (κ2) is 11.7. The molecule has 1 N–H and O–H groups in total. The topological polar surface area (TPSA) is 49.4 Å². The number of carbonyl (C=O) groups excluding carboxylic acids is 2. The molecule has 3 aromatic carbocycles. The molecular weight excluding hydrogens is 486 g/mol. The van der Waals surface area contributed by atoms with Gasteiger partial charge in [-0.1, -0.05) is 71.7 Å². The lowest BCUT2D eigenvalue weighted by Crippen LogP contribution is -2.54. The highest BCUT2D eigenvalue weighted by Crippen LogP contribution is 2.23. The monoisotopic (exact) mass is 514 g/mol. The smallest absolute Gasteiger partial charge is 0.243 e. The van der Waals surface area contributed by atoms with Crippen molar-refractivity contribution in [1.82, 2.24) is 10.2 Å². The quantitative estimate of drug-likeness (QED) is 0.387. The van der Waals surface area contributed by atoms with E-state index in [0.29, 0.717) is 11.4 Å². The normalized spacial score (nSPS) is 12.2. The molecule has 0 unspecified atom stereocenters. The third-order valence-corrected chi connectivity index (χ3v) is 5.99. The van der Waals surface area contributed by atoms with Crippen LogP contribution in [0.15, 0.2) is 72.8 Å². The van der Waals surface area contributed by atoms with Gasteiger partial charge in [0.1, 0.15) is 11.9 Å². The Morgan fingerprint density at radius 2 is 1.60 bits per heavy atom. The molecular formula is C28H29Cl2FN2O2. The third kappa shape index (κ3) is 7.81. The number of halogens is 3. The molecule has 0 aliphatic heterocycles. The fourth-order valence-electron chi connectivity index (χ4n) is 3.79. The number of hydrogen-bond donors (Lipinski definition) is 1. The maximum Gasteiger partial charge on any atom is 0.243 e. The van der Waals surface area contributed by atoms with Gasteiger partial charge in [-0.3, -0.25) is 9.59 Å². The zero-order valence-corrected chi connectivity index (χ0v) is 21.5. The van der Waals surface area contributed by atoms with Crippen LogP contribution >= 0.6 is 23.2 Å². The van der Waals surface area contributed by atoms with Gasteiger partial charge in [-0.15, -0.1) is 0 Å². The van der Waals surface area contributed by atoms with E-state index in [1.807, 2.05) is 57.2 Å². The Hall–Kier alpha value is -2.89. The fourth-order valence-corrected chi connectivity index (χ4v) is 4.24. The highest BCUT2D eigenvalue weighted by molar-refractivity contribution is 6.31. The number of benzene rings is 3. The van der Waals surface area contributed by atoms with Crippen molar-refractivity contribution in [1.29, 1.82) is 0 Å². The van der Waals surface area contributed by atoms with Gasteiger partial charge in [0.05, 0.1) is 6.42 Å². The Morgan fingerprint density at radius 3 is 2.23 bits per heavy atom. The van der Waals surface area contributed by atoms with Crippen LogP contribution in [0.1, 0.15) is 37.5 Å². The summed E-state index contributed by atoms with van der Waals surface area (Å²) in [6.45, 7) is 5.77. The molecule has 3 aromatic rings. The summed E-state index contributed by atoms with van der Waals surface area (Å²) < 4.78 is 14.5. The SMILES string of the molecule is CC(C)(C)NC(=O)[C@@H](Cc1ccccc1)N(Cc1cccc(Cl)c1)C(=O)Cc1c(F)cccc1Cl. The molecule has 0 radical (unpaired) electrons. The number of carbonyl (C=O) groups is 2. The summed E-state index contributed by atoms with van der Waals surface area (Å²) >= 11 is 12.4. The van der Waals surface area contributed by atoms with Crippen LogP contribution in [0.3, 0.4) is 0 Å². The lowest BCUT2D eigenvalue weighted by atomic mass is 9.99. The molecule has 184 valence electrons. The van der Waals surface area contributed by atoms with Crippen LogP contribution in [0.2, 0.25) is 10.0 Å². The summed E-state index contributed by atoms with van der Waals surface area (Å²) in [5.74, 6) is -1.27. The van der Waals surface area contributed by atoms with Gasteiger partial charge in [0.15, 0.2) is 0 Å². The fraction of sp³-hybridized carbons (Fsp3) is 0.286. The third-order valence-electron chi connectivity index (χ3n) is 5.40. The Morgan fingerprint density at radius 1 is 0.943 bits per heavy atom. The van der Waals surface area contributed by atoms with E-state index in [0.717, 1.165) is 11.1 Å². The lowest BCUT2D eigenvalue weighted by molar-refractivity contribution is -0.141. The zero-order chi connectivity index (χ0) is 25.6. The van der Waals surface area contributed by atoms with E-state index < -0.39 is 23.3 Å². The molecule has 0 bridgehead atoms. The highest BCUT2D eigenvalue weighted by Gasteiger charge is 2.32.